The Hall–Kier alpha value is -1.17. The Morgan fingerprint density at radius 1 is 1.38 bits per heavy atom. The number of nitrogens with zero attached hydrogens (tertiary/aromatic N) is 1. The van der Waals surface area contributed by atoms with Crippen LogP contribution in [0, 0.1) is 0 Å². The van der Waals surface area contributed by atoms with Crippen LogP contribution in [0.5, 0.6) is 0 Å². The summed E-state index contributed by atoms with van der Waals surface area (Å²) in [4.78, 5) is 4.30. The Labute approximate surface area is 98.2 Å². The molecule has 2 aromatic rings. The molecule has 0 saturated heterocycles. The number of anilines is 1. The Bertz CT molecular complexity index is 454. The van der Waals surface area contributed by atoms with E-state index in [1.165, 1.54) is 4.70 Å². The van der Waals surface area contributed by atoms with Crippen LogP contribution in [0.2, 0.25) is 0 Å². The standard InChI is InChI=1S/C11H14N2O2S/c1-14-10(15-2)7-13-11-8-4-6-16-9(8)3-5-12-11/h3-6,10H,7H2,1-2H3,(H,12,13). The van der Waals surface area contributed by atoms with Crippen molar-refractivity contribution in [3.63, 3.8) is 0 Å². The fraction of sp³-hybridized carbons (Fsp3) is 0.364. The second kappa shape index (κ2) is 5.25. The molecular formula is C11H14N2O2S. The maximum absolute atomic E-state index is 5.10. The second-order valence-electron chi connectivity index (χ2n) is 3.27. The fourth-order valence-electron chi connectivity index (χ4n) is 1.48. The lowest BCUT2D eigenvalue weighted by Crippen LogP contribution is -2.23. The highest BCUT2D eigenvalue weighted by molar-refractivity contribution is 7.17. The van der Waals surface area contributed by atoms with Crippen molar-refractivity contribution in [3.05, 3.63) is 23.7 Å². The molecule has 0 bridgehead atoms. The van der Waals surface area contributed by atoms with E-state index in [4.69, 9.17) is 9.47 Å². The third kappa shape index (κ3) is 2.32. The normalized spacial score (nSPS) is 11.2. The highest BCUT2D eigenvalue weighted by atomic mass is 32.1. The van der Waals surface area contributed by atoms with E-state index < -0.39 is 0 Å². The third-order valence-electron chi connectivity index (χ3n) is 2.34. The van der Waals surface area contributed by atoms with Gasteiger partial charge in [-0.3, -0.25) is 0 Å². The molecule has 0 aromatic carbocycles. The first-order chi connectivity index (χ1) is 7.85. The van der Waals surface area contributed by atoms with E-state index in [9.17, 15) is 0 Å². The van der Waals surface area contributed by atoms with Crippen molar-refractivity contribution in [1.82, 2.24) is 4.98 Å². The van der Waals surface area contributed by atoms with Crippen LogP contribution in [0.1, 0.15) is 0 Å². The van der Waals surface area contributed by atoms with Gasteiger partial charge in [0.25, 0.3) is 0 Å². The minimum atomic E-state index is -0.254. The molecule has 0 radical (unpaired) electrons. The van der Waals surface area contributed by atoms with Crippen LogP contribution in [0.15, 0.2) is 23.7 Å². The number of hydrogen-bond donors (Lipinski definition) is 1. The van der Waals surface area contributed by atoms with Crippen LogP contribution in [-0.2, 0) is 9.47 Å². The number of ether oxygens (including phenoxy) is 2. The zero-order valence-corrected chi connectivity index (χ0v) is 10.1. The van der Waals surface area contributed by atoms with E-state index >= 15 is 0 Å². The summed E-state index contributed by atoms with van der Waals surface area (Å²) in [6.07, 6.45) is 1.55. The molecule has 1 N–H and O–H groups in total. The summed E-state index contributed by atoms with van der Waals surface area (Å²) in [6, 6.07) is 4.07. The summed E-state index contributed by atoms with van der Waals surface area (Å²) in [5.41, 5.74) is 0. The van der Waals surface area contributed by atoms with Gasteiger partial charge in [0, 0.05) is 30.5 Å². The van der Waals surface area contributed by atoms with E-state index in [2.05, 4.69) is 21.7 Å². The lowest BCUT2D eigenvalue weighted by Gasteiger charge is -2.14. The number of fused-ring (bicyclic) bond motifs is 1. The molecule has 0 amide bonds. The first kappa shape index (κ1) is 11.3. The van der Waals surface area contributed by atoms with Crippen molar-refractivity contribution in [2.45, 2.75) is 6.29 Å². The van der Waals surface area contributed by atoms with Gasteiger partial charge in [-0.2, -0.15) is 0 Å². The average molecular weight is 238 g/mol. The minimum absolute atomic E-state index is 0.254. The molecule has 4 nitrogen and oxygen atoms in total. The van der Waals surface area contributed by atoms with E-state index in [1.54, 1.807) is 31.8 Å². The van der Waals surface area contributed by atoms with Crippen LogP contribution in [0.3, 0.4) is 0 Å². The number of aromatic nitrogens is 1. The summed E-state index contributed by atoms with van der Waals surface area (Å²) >= 11 is 1.70. The molecule has 5 heteroatoms. The van der Waals surface area contributed by atoms with Gasteiger partial charge < -0.3 is 14.8 Å². The highest BCUT2D eigenvalue weighted by Gasteiger charge is 2.07. The number of rotatable bonds is 5. The summed E-state index contributed by atoms with van der Waals surface area (Å²) in [5.74, 6) is 0.873. The molecule has 0 aliphatic rings. The zero-order valence-electron chi connectivity index (χ0n) is 9.27. The molecule has 16 heavy (non-hydrogen) atoms. The van der Waals surface area contributed by atoms with Gasteiger partial charge in [-0.15, -0.1) is 11.3 Å². The maximum atomic E-state index is 5.10. The van der Waals surface area contributed by atoms with Crippen molar-refractivity contribution >= 4 is 27.2 Å². The molecule has 86 valence electrons. The van der Waals surface area contributed by atoms with E-state index in [-0.39, 0.29) is 6.29 Å². The molecule has 2 heterocycles. The molecule has 2 rings (SSSR count). The van der Waals surface area contributed by atoms with Gasteiger partial charge in [-0.05, 0) is 17.5 Å². The Balaban J connectivity index is 2.11. The maximum Gasteiger partial charge on any atom is 0.173 e. The Kier molecular flexibility index (Phi) is 3.71. The fourth-order valence-corrected chi connectivity index (χ4v) is 2.26. The van der Waals surface area contributed by atoms with Gasteiger partial charge in [-0.25, -0.2) is 4.98 Å². The summed E-state index contributed by atoms with van der Waals surface area (Å²) in [5, 5.41) is 6.42. The topological polar surface area (TPSA) is 43.4 Å². The van der Waals surface area contributed by atoms with Crippen molar-refractivity contribution in [1.29, 1.82) is 0 Å². The molecule has 0 aliphatic carbocycles. The molecule has 0 atom stereocenters. The number of nitrogens with one attached hydrogen (secondary N) is 1. The van der Waals surface area contributed by atoms with Crippen LogP contribution in [0.25, 0.3) is 10.1 Å². The van der Waals surface area contributed by atoms with Gasteiger partial charge in [0.15, 0.2) is 6.29 Å². The Morgan fingerprint density at radius 2 is 2.19 bits per heavy atom. The van der Waals surface area contributed by atoms with Gasteiger partial charge in [-0.1, -0.05) is 0 Å². The lowest BCUT2D eigenvalue weighted by molar-refractivity contribution is -0.0914. The molecule has 0 fully saturated rings. The monoisotopic (exact) mass is 238 g/mol. The molecule has 0 aliphatic heterocycles. The van der Waals surface area contributed by atoms with E-state index in [0.717, 1.165) is 11.2 Å². The molecule has 2 aromatic heterocycles. The van der Waals surface area contributed by atoms with Gasteiger partial charge in [0.2, 0.25) is 0 Å². The van der Waals surface area contributed by atoms with E-state index in [0.29, 0.717) is 6.54 Å². The number of methoxy groups -OCH3 is 2. The van der Waals surface area contributed by atoms with Crippen LogP contribution < -0.4 is 5.32 Å². The van der Waals surface area contributed by atoms with Crippen molar-refractivity contribution < 1.29 is 9.47 Å². The van der Waals surface area contributed by atoms with Gasteiger partial charge >= 0.3 is 0 Å². The predicted molar refractivity (Wildman–Crippen MR) is 65.9 cm³/mol. The summed E-state index contributed by atoms with van der Waals surface area (Å²) in [6.45, 7) is 0.578. The second-order valence-corrected chi connectivity index (χ2v) is 4.22. The van der Waals surface area contributed by atoms with Crippen molar-refractivity contribution in [3.8, 4) is 0 Å². The first-order valence-corrected chi connectivity index (χ1v) is 5.85. The van der Waals surface area contributed by atoms with Crippen LogP contribution >= 0.6 is 11.3 Å². The molecule has 0 saturated carbocycles. The number of hydrogen-bond acceptors (Lipinski definition) is 5. The highest BCUT2D eigenvalue weighted by Crippen LogP contribution is 2.25. The largest absolute Gasteiger partial charge is 0.364 e. The lowest BCUT2D eigenvalue weighted by atomic mass is 10.3. The average Bonchev–Trinajstić information content (AvgIpc) is 2.79. The third-order valence-corrected chi connectivity index (χ3v) is 3.22. The summed E-state index contributed by atoms with van der Waals surface area (Å²) in [7, 11) is 3.24. The minimum Gasteiger partial charge on any atom is -0.364 e. The van der Waals surface area contributed by atoms with E-state index in [1.807, 2.05) is 6.07 Å². The first-order valence-electron chi connectivity index (χ1n) is 4.97. The molecule has 0 unspecified atom stereocenters. The van der Waals surface area contributed by atoms with Gasteiger partial charge in [0.1, 0.15) is 5.82 Å². The van der Waals surface area contributed by atoms with Crippen LogP contribution in [-0.4, -0.2) is 32.0 Å². The number of pyridine rings is 1. The smallest absolute Gasteiger partial charge is 0.173 e. The predicted octanol–water partition coefficient (Wildman–Crippen LogP) is 2.33. The quantitative estimate of drug-likeness (QED) is 0.812. The van der Waals surface area contributed by atoms with Crippen molar-refractivity contribution in [2.75, 3.05) is 26.1 Å². The molecule has 0 spiro atoms. The molecular weight excluding hydrogens is 224 g/mol. The van der Waals surface area contributed by atoms with Crippen LogP contribution in [0.4, 0.5) is 5.82 Å². The van der Waals surface area contributed by atoms with Crippen molar-refractivity contribution in [2.24, 2.45) is 0 Å². The zero-order chi connectivity index (χ0) is 11.4. The number of thiophene rings is 1. The SMILES string of the molecule is COC(CNc1nccc2sccc12)OC. The summed E-state index contributed by atoms with van der Waals surface area (Å²) < 4.78 is 11.4. The van der Waals surface area contributed by atoms with Gasteiger partial charge in [0.05, 0.1) is 6.54 Å². The Morgan fingerprint density at radius 3 is 2.94 bits per heavy atom.